The largest absolute Gasteiger partial charge is 0.497 e. The van der Waals surface area contributed by atoms with Crippen LogP contribution in [0.5, 0.6) is 11.5 Å². The minimum absolute atomic E-state index is 0.0596. The summed E-state index contributed by atoms with van der Waals surface area (Å²) in [6.07, 6.45) is 0. The molecule has 0 atom stereocenters. The molecule has 1 aromatic carbocycles. The molecule has 220 valence electrons. The molecule has 2 heterocycles. The average molecular weight is 606 g/mol. The molecule has 2 aromatic heterocycles. The van der Waals surface area contributed by atoms with Crippen LogP contribution in [-0.4, -0.2) is 71.7 Å². The van der Waals surface area contributed by atoms with E-state index in [1.165, 1.54) is 14.2 Å². The van der Waals surface area contributed by atoms with Crippen LogP contribution in [0.2, 0.25) is 0 Å². The molecule has 15 heteroatoms. The van der Waals surface area contributed by atoms with E-state index in [0.717, 1.165) is 23.1 Å². The van der Waals surface area contributed by atoms with Gasteiger partial charge in [0.1, 0.15) is 21.4 Å². The molecular formula is C26H31N5O8S2. The molecular weight excluding hydrogens is 574 g/mol. The summed E-state index contributed by atoms with van der Waals surface area (Å²) in [4.78, 5) is 50.6. The van der Waals surface area contributed by atoms with E-state index in [2.05, 4.69) is 20.8 Å². The molecule has 0 spiro atoms. The van der Waals surface area contributed by atoms with Crippen molar-refractivity contribution in [2.75, 3.05) is 38.5 Å². The van der Waals surface area contributed by atoms with E-state index in [-0.39, 0.29) is 46.9 Å². The number of ether oxygens (including phenoxy) is 4. The lowest BCUT2D eigenvalue weighted by Crippen LogP contribution is -2.24. The molecule has 0 bridgehead atoms. The van der Waals surface area contributed by atoms with Gasteiger partial charge in [0.05, 0.1) is 45.3 Å². The number of aromatic nitrogens is 3. The van der Waals surface area contributed by atoms with Crippen LogP contribution in [0.15, 0.2) is 23.4 Å². The maximum absolute atomic E-state index is 12.8. The van der Waals surface area contributed by atoms with E-state index in [9.17, 15) is 19.2 Å². The lowest BCUT2D eigenvalue weighted by atomic mass is 10.1. The fraction of sp³-hybridized carbons (Fsp3) is 0.385. The zero-order chi connectivity index (χ0) is 30.1. The third-order valence-electron chi connectivity index (χ3n) is 5.62. The molecule has 41 heavy (non-hydrogen) atoms. The number of carbonyl (C=O) groups excluding carboxylic acids is 4. The summed E-state index contributed by atoms with van der Waals surface area (Å²) in [5.74, 6) is -0.647. The fourth-order valence-electron chi connectivity index (χ4n) is 3.56. The van der Waals surface area contributed by atoms with Crippen LogP contribution in [0.3, 0.4) is 0 Å². The van der Waals surface area contributed by atoms with Gasteiger partial charge in [-0.1, -0.05) is 11.8 Å². The number of rotatable bonds is 13. The van der Waals surface area contributed by atoms with Crippen molar-refractivity contribution in [3.05, 3.63) is 45.6 Å². The summed E-state index contributed by atoms with van der Waals surface area (Å²) in [5.41, 5.74) is 0.845. The van der Waals surface area contributed by atoms with Crippen LogP contribution < -0.4 is 20.1 Å². The SMILES string of the molecule is CCOC(=O)c1sc(NC(=O)CSc2nnc(CNC(=O)c3cc(OC)cc(OC)c3)n2C)c(C(=O)OCC)c1C. The first-order chi connectivity index (χ1) is 19.6. The van der Waals surface area contributed by atoms with Gasteiger partial charge < -0.3 is 34.1 Å². The van der Waals surface area contributed by atoms with E-state index < -0.39 is 17.8 Å². The van der Waals surface area contributed by atoms with Crippen molar-refractivity contribution in [2.24, 2.45) is 7.05 Å². The minimum atomic E-state index is -0.646. The molecule has 2 N–H and O–H groups in total. The van der Waals surface area contributed by atoms with Crippen LogP contribution in [0.1, 0.15) is 55.6 Å². The Hall–Kier alpha value is -4.11. The van der Waals surface area contributed by atoms with Gasteiger partial charge in [0, 0.05) is 18.7 Å². The number of methoxy groups -OCH3 is 2. The number of thioether (sulfide) groups is 1. The summed E-state index contributed by atoms with van der Waals surface area (Å²) in [6, 6.07) is 4.84. The van der Waals surface area contributed by atoms with E-state index in [1.807, 2.05) is 0 Å². The highest BCUT2D eigenvalue weighted by Crippen LogP contribution is 2.34. The van der Waals surface area contributed by atoms with E-state index >= 15 is 0 Å². The normalized spacial score (nSPS) is 10.6. The molecule has 3 rings (SSSR count). The van der Waals surface area contributed by atoms with Gasteiger partial charge in [0.2, 0.25) is 5.91 Å². The molecule has 13 nitrogen and oxygen atoms in total. The predicted molar refractivity (Wildman–Crippen MR) is 152 cm³/mol. The van der Waals surface area contributed by atoms with Gasteiger partial charge in [-0.25, -0.2) is 9.59 Å². The standard InChI is InChI=1S/C26H31N5O8S2/c1-7-38-24(34)20-14(3)21(25(35)39-8-2)41-23(20)28-19(32)13-40-26-30-29-18(31(26)4)12-27-22(33)15-9-16(36-5)11-17(10-15)37-6/h9-11H,7-8,12-13H2,1-6H3,(H,27,33)(H,28,32). The van der Waals surface area contributed by atoms with Crippen molar-refractivity contribution in [1.29, 1.82) is 0 Å². The third kappa shape index (κ3) is 7.76. The first kappa shape index (κ1) is 31.4. The van der Waals surface area contributed by atoms with Gasteiger partial charge in [-0.05, 0) is 38.5 Å². The monoisotopic (exact) mass is 605 g/mol. The molecule has 3 aromatic rings. The molecule has 0 radical (unpaired) electrons. The molecule has 0 aliphatic carbocycles. The van der Waals surface area contributed by atoms with Crippen molar-refractivity contribution < 1.29 is 38.1 Å². The fourth-order valence-corrected chi connectivity index (χ4v) is 5.39. The predicted octanol–water partition coefficient (Wildman–Crippen LogP) is 3.22. The Kier molecular flexibility index (Phi) is 11.1. The van der Waals surface area contributed by atoms with Crippen molar-refractivity contribution in [1.82, 2.24) is 20.1 Å². The Bertz CT molecular complexity index is 1410. The molecule has 0 aliphatic heterocycles. The summed E-state index contributed by atoms with van der Waals surface area (Å²) >= 11 is 2.07. The third-order valence-corrected chi connectivity index (χ3v) is 7.83. The maximum Gasteiger partial charge on any atom is 0.348 e. The Morgan fingerprint density at radius 2 is 1.61 bits per heavy atom. The smallest absolute Gasteiger partial charge is 0.348 e. The number of nitrogens with zero attached hydrogens (tertiary/aromatic N) is 3. The van der Waals surface area contributed by atoms with Crippen LogP contribution >= 0.6 is 23.1 Å². The molecule has 2 amide bonds. The van der Waals surface area contributed by atoms with Crippen LogP contribution in [0, 0.1) is 6.92 Å². The Morgan fingerprint density at radius 3 is 2.22 bits per heavy atom. The number of thiophene rings is 1. The molecule has 0 fully saturated rings. The van der Waals surface area contributed by atoms with Gasteiger partial charge in [-0.2, -0.15) is 0 Å². The summed E-state index contributed by atoms with van der Waals surface area (Å²) in [7, 11) is 4.71. The zero-order valence-electron chi connectivity index (χ0n) is 23.5. The van der Waals surface area contributed by atoms with Gasteiger partial charge in [0.25, 0.3) is 5.91 Å². The quantitative estimate of drug-likeness (QED) is 0.217. The number of hydrogen-bond donors (Lipinski definition) is 2. The molecule has 0 aliphatic rings. The number of anilines is 1. The van der Waals surface area contributed by atoms with E-state index in [4.69, 9.17) is 18.9 Å². The molecule has 0 saturated carbocycles. The number of nitrogens with one attached hydrogen (secondary N) is 2. The van der Waals surface area contributed by atoms with E-state index in [1.54, 1.807) is 50.6 Å². The lowest BCUT2D eigenvalue weighted by Gasteiger charge is -2.09. The van der Waals surface area contributed by atoms with Gasteiger partial charge in [-0.15, -0.1) is 21.5 Å². The summed E-state index contributed by atoms with van der Waals surface area (Å²) in [5, 5.41) is 14.3. The van der Waals surface area contributed by atoms with Crippen LogP contribution in [-0.2, 0) is 27.9 Å². The van der Waals surface area contributed by atoms with Gasteiger partial charge >= 0.3 is 11.9 Å². The minimum Gasteiger partial charge on any atom is -0.497 e. The van der Waals surface area contributed by atoms with Crippen LogP contribution in [0.4, 0.5) is 5.00 Å². The second kappa shape index (κ2) is 14.5. The second-order valence-corrected chi connectivity index (χ2v) is 10.2. The van der Waals surface area contributed by atoms with Crippen molar-refractivity contribution in [2.45, 2.75) is 32.5 Å². The zero-order valence-corrected chi connectivity index (χ0v) is 25.1. The second-order valence-electron chi connectivity index (χ2n) is 8.28. The Balaban J connectivity index is 1.65. The highest BCUT2D eigenvalue weighted by molar-refractivity contribution is 7.99. The molecule has 0 saturated heterocycles. The van der Waals surface area contributed by atoms with Crippen molar-refractivity contribution in [3.8, 4) is 11.5 Å². The highest BCUT2D eigenvalue weighted by atomic mass is 32.2. The maximum atomic E-state index is 12.8. The highest BCUT2D eigenvalue weighted by Gasteiger charge is 2.27. The van der Waals surface area contributed by atoms with Crippen LogP contribution in [0.25, 0.3) is 0 Å². The Morgan fingerprint density at radius 1 is 0.976 bits per heavy atom. The molecule has 0 unspecified atom stereocenters. The van der Waals surface area contributed by atoms with Gasteiger partial charge in [-0.3, -0.25) is 9.59 Å². The average Bonchev–Trinajstić information content (AvgIpc) is 3.48. The summed E-state index contributed by atoms with van der Waals surface area (Å²) < 4.78 is 22.3. The number of carbonyl (C=O) groups is 4. The first-order valence-corrected chi connectivity index (χ1v) is 14.2. The number of benzene rings is 1. The number of esters is 2. The number of amides is 2. The van der Waals surface area contributed by atoms with Crippen molar-refractivity contribution >= 4 is 51.9 Å². The topological polar surface area (TPSA) is 160 Å². The lowest BCUT2D eigenvalue weighted by molar-refractivity contribution is -0.113. The van der Waals surface area contributed by atoms with Crippen molar-refractivity contribution in [3.63, 3.8) is 0 Å². The summed E-state index contributed by atoms with van der Waals surface area (Å²) in [6.45, 7) is 5.33. The number of hydrogen-bond acceptors (Lipinski definition) is 12. The van der Waals surface area contributed by atoms with E-state index in [0.29, 0.717) is 33.6 Å². The first-order valence-electron chi connectivity index (χ1n) is 12.4. The Labute approximate surface area is 244 Å². The van der Waals surface area contributed by atoms with Gasteiger partial charge in [0.15, 0.2) is 11.0 Å².